The fourth-order valence-electron chi connectivity index (χ4n) is 2.20. The van der Waals surface area contributed by atoms with Gasteiger partial charge in [-0.05, 0) is 30.5 Å². The quantitative estimate of drug-likeness (QED) is 0.861. The van der Waals surface area contributed by atoms with Crippen LogP contribution in [0.1, 0.15) is 13.3 Å². The molecular weight excluding hydrogens is 315 g/mol. The highest BCUT2D eigenvalue weighted by Crippen LogP contribution is 2.30. The molecule has 1 fully saturated rings. The molecule has 0 saturated carbocycles. The molecule has 1 atom stereocenters. The van der Waals surface area contributed by atoms with Gasteiger partial charge in [0.05, 0.1) is 10.8 Å². The maximum absolute atomic E-state index is 12.2. The maximum Gasteiger partial charge on any atom is 0.232 e. The van der Waals surface area contributed by atoms with Gasteiger partial charge in [-0.3, -0.25) is 4.79 Å². The Morgan fingerprint density at radius 2 is 2.20 bits per heavy atom. The molecule has 1 aliphatic rings. The van der Waals surface area contributed by atoms with E-state index in [4.69, 9.17) is 17.3 Å². The molecule has 0 spiro atoms. The van der Waals surface area contributed by atoms with Gasteiger partial charge in [-0.15, -0.1) is 24.2 Å². The summed E-state index contributed by atoms with van der Waals surface area (Å²) >= 11 is 7.57. The van der Waals surface area contributed by atoms with Crippen molar-refractivity contribution in [2.24, 2.45) is 11.1 Å². The molecular formula is C14H20Cl2N2OS. The van der Waals surface area contributed by atoms with Crippen LogP contribution in [0.25, 0.3) is 0 Å². The Labute approximate surface area is 135 Å². The van der Waals surface area contributed by atoms with Gasteiger partial charge in [0.15, 0.2) is 0 Å². The SMILES string of the molecule is CC1(CN)CCN(C(=O)CSc2ccccc2Cl)C1.Cl. The Balaban J connectivity index is 0.00000200. The number of halogens is 2. The summed E-state index contributed by atoms with van der Waals surface area (Å²) in [5, 5.41) is 0.702. The minimum Gasteiger partial charge on any atom is -0.341 e. The fourth-order valence-corrected chi connectivity index (χ4v) is 3.34. The molecule has 6 heteroatoms. The number of hydrogen-bond donors (Lipinski definition) is 1. The summed E-state index contributed by atoms with van der Waals surface area (Å²) in [6, 6.07) is 7.60. The molecule has 0 radical (unpaired) electrons. The second-order valence-electron chi connectivity index (χ2n) is 5.30. The van der Waals surface area contributed by atoms with E-state index in [1.54, 1.807) is 0 Å². The molecule has 1 aromatic rings. The summed E-state index contributed by atoms with van der Waals surface area (Å²) in [5.74, 6) is 0.604. The summed E-state index contributed by atoms with van der Waals surface area (Å²) < 4.78 is 0. The highest BCUT2D eigenvalue weighted by Gasteiger charge is 2.34. The van der Waals surface area contributed by atoms with Crippen LogP contribution in [0.3, 0.4) is 0 Å². The lowest BCUT2D eigenvalue weighted by atomic mass is 9.90. The van der Waals surface area contributed by atoms with Gasteiger partial charge in [-0.25, -0.2) is 0 Å². The van der Waals surface area contributed by atoms with Gasteiger partial charge in [0.1, 0.15) is 0 Å². The van der Waals surface area contributed by atoms with Gasteiger partial charge in [-0.1, -0.05) is 30.7 Å². The van der Waals surface area contributed by atoms with Crippen LogP contribution in [-0.2, 0) is 4.79 Å². The third-order valence-electron chi connectivity index (χ3n) is 3.59. The van der Waals surface area contributed by atoms with E-state index in [-0.39, 0.29) is 23.7 Å². The van der Waals surface area contributed by atoms with Gasteiger partial charge < -0.3 is 10.6 Å². The molecule has 1 aliphatic heterocycles. The Kier molecular flexibility index (Phi) is 6.65. The molecule has 0 bridgehead atoms. The topological polar surface area (TPSA) is 46.3 Å². The second-order valence-corrected chi connectivity index (χ2v) is 6.72. The first-order valence-electron chi connectivity index (χ1n) is 6.39. The monoisotopic (exact) mass is 334 g/mol. The van der Waals surface area contributed by atoms with Crippen molar-refractivity contribution in [3.8, 4) is 0 Å². The van der Waals surface area contributed by atoms with E-state index in [0.29, 0.717) is 17.3 Å². The second kappa shape index (κ2) is 7.55. The van der Waals surface area contributed by atoms with Crippen molar-refractivity contribution in [3.05, 3.63) is 29.3 Å². The van der Waals surface area contributed by atoms with Crippen LogP contribution in [-0.4, -0.2) is 36.2 Å². The zero-order valence-corrected chi connectivity index (χ0v) is 13.9. The zero-order valence-electron chi connectivity index (χ0n) is 11.5. The van der Waals surface area contributed by atoms with Crippen LogP contribution in [0, 0.1) is 5.41 Å². The number of nitrogens with two attached hydrogens (primary N) is 1. The molecule has 0 aromatic heterocycles. The molecule has 1 saturated heterocycles. The third kappa shape index (κ3) is 4.29. The van der Waals surface area contributed by atoms with E-state index in [2.05, 4.69) is 6.92 Å². The molecule has 20 heavy (non-hydrogen) atoms. The zero-order chi connectivity index (χ0) is 13.9. The molecule has 3 nitrogen and oxygen atoms in total. The Bertz CT molecular complexity index is 472. The first kappa shape index (κ1) is 17.6. The van der Waals surface area contributed by atoms with Crippen molar-refractivity contribution in [1.29, 1.82) is 0 Å². The number of thioether (sulfide) groups is 1. The predicted molar refractivity (Wildman–Crippen MR) is 87.8 cm³/mol. The van der Waals surface area contributed by atoms with E-state index in [0.717, 1.165) is 24.4 Å². The summed E-state index contributed by atoms with van der Waals surface area (Å²) in [7, 11) is 0. The molecule has 1 amide bonds. The van der Waals surface area contributed by atoms with Crippen molar-refractivity contribution in [3.63, 3.8) is 0 Å². The van der Waals surface area contributed by atoms with Crippen LogP contribution >= 0.6 is 35.8 Å². The van der Waals surface area contributed by atoms with Crippen LogP contribution in [0.2, 0.25) is 5.02 Å². The third-order valence-corrected chi connectivity index (χ3v) is 5.09. The van der Waals surface area contributed by atoms with Crippen LogP contribution < -0.4 is 5.73 Å². The van der Waals surface area contributed by atoms with E-state index >= 15 is 0 Å². The summed E-state index contributed by atoms with van der Waals surface area (Å²) in [4.78, 5) is 15.0. The van der Waals surface area contributed by atoms with Gasteiger partial charge in [-0.2, -0.15) is 0 Å². The normalized spacial score (nSPS) is 21.6. The number of rotatable bonds is 4. The van der Waals surface area contributed by atoms with E-state index in [1.807, 2.05) is 29.2 Å². The number of hydrogen-bond acceptors (Lipinski definition) is 3. The average molecular weight is 335 g/mol. The van der Waals surface area contributed by atoms with Gasteiger partial charge >= 0.3 is 0 Å². The largest absolute Gasteiger partial charge is 0.341 e. The van der Waals surface area contributed by atoms with Crippen LogP contribution in [0.5, 0.6) is 0 Å². The lowest BCUT2D eigenvalue weighted by Crippen LogP contribution is -2.35. The minimum atomic E-state index is 0. The first-order chi connectivity index (χ1) is 9.04. The van der Waals surface area contributed by atoms with Crippen molar-refractivity contribution >= 4 is 41.7 Å². The van der Waals surface area contributed by atoms with Crippen LogP contribution in [0.15, 0.2) is 29.2 Å². The molecule has 2 rings (SSSR count). The van der Waals surface area contributed by atoms with Crippen molar-refractivity contribution < 1.29 is 4.79 Å². The first-order valence-corrected chi connectivity index (χ1v) is 7.76. The highest BCUT2D eigenvalue weighted by molar-refractivity contribution is 8.00. The Morgan fingerprint density at radius 3 is 2.80 bits per heavy atom. The fraction of sp³-hybridized carbons (Fsp3) is 0.500. The number of nitrogens with zero attached hydrogens (tertiary/aromatic N) is 1. The summed E-state index contributed by atoms with van der Waals surface area (Å²) in [6.07, 6.45) is 0.992. The van der Waals surface area contributed by atoms with Crippen LogP contribution in [0.4, 0.5) is 0 Å². The molecule has 1 heterocycles. The van der Waals surface area contributed by atoms with Gasteiger partial charge in [0.25, 0.3) is 0 Å². The van der Waals surface area contributed by atoms with Gasteiger partial charge in [0, 0.05) is 18.0 Å². The predicted octanol–water partition coefficient (Wildman–Crippen LogP) is 3.05. The van der Waals surface area contributed by atoms with E-state index in [1.165, 1.54) is 11.8 Å². The average Bonchev–Trinajstić information content (AvgIpc) is 2.81. The smallest absolute Gasteiger partial charge is 0.232 e. The molecule has 0 aliphatic carbocycles. The Hall–Kier alpha value is -0.420. The minimum absolute atomic E-state index is 0. The molecule has 112 valence electrons. The number of likely N-dealkylation sites (tertiary alicyclic amines) is 1. The molecule has 2 N–H and O–H groups in total. The lowest BCUT2D eigenvalue weighted by molar-refractivity contribution is -0.127. The van der Waals surface area contributed by atoms with Crippen molar-refractivity contribution in [1.82, 2.24) is 4.90 Å². The van der Waals surface area contributed by atoms with Gasteiger partial charge in [0.2, 0.25) is 5.91 Å². The number of carbonyl (C=O) groups is 1. The lowest BCUT2D eigenvalue weighted by Gasteiger charge is -2.22. The number of benzene rings is 1. The summed E-state index contributed by atoms with van der Waals surface area (Å²) in [5.41, 5.74) is 5.84. The van der Waals surface area contributed by atoms with E-state index in [9.17, 15) is 4.79 Å². The van der Waals surface area contributed by atoms with E-state index < -0.39 is 0 Å². The van der Waals surface area contributed by atoms with Crippen molar-refractivity contribution in [2.75, 3.05) is 25.4 Å². The maximum atomic E-state index is 12.2. The molecule has 1 aromatic carbocycles. The highest BCUT2D eigenvalue weighted by atomic mass is 35.5. The standard InChI is InChI=1S/C14H19ClN2OS.ClH/c1-14(9-16)6-7-17(10-14)13(18)8-19-12-5-3-2-4-11(12)15;/h2-5H,6-10,16H2,1H3;1H. The van der Waals surface area contributed by atoms with Crippen molar-refractivity contribution in [2.45, 2.75) is 18.2 Å². The molecule has 1 unspecified atom stereocenters. The number of carbonyl (C=O) groups excluding carboxylic acids is 1. The Morgan fingerprint density at radius 1 is 1.50 bits per heavy atom. The number of amides is 1. The summed E-state index contributed by atoms with van der Waals surface area (Å²) in [6.45, 7) is 4.36.